The molecule has 0 bridgehead atoms. The van der Waals surface area contributed by atoms with Crippen LogP contribution in [-0.4, -0.2) is 12.7 Å². The number of ether oxygens (including phenoxy) is 1. The standard InChI is InChI=1S/C9H10O2/c1-7(9-6-11-9)5-8-3-2-4-10-8/h2-5,9H,6H2,1H3/b7-5-. The minimum Gasteiger partial charge on any atom is -0.465 e. The molecular weight excluding hydrogens is 140 g/mol. The van der Waals surface area contributed by atoms with Crippen LogP contribution in [0.4, 0.5) is 0 Å². The van der Waals surface area contributed by atoms with Gasteiger partial charge in [-0.3, -0.25) is 0 Å². The lowest BCUT2D eigenvalue weighted by Gasteiger charge is -1.90. The van der Waals surface area contributed by atoms with Crippen LogP contribution in [0.3, 0.4) is 0 Å². The molecule has 58 valence electrons. The van der Waals surface area contributed by atoms with Gasteiger partial charge in [-0.2, -0.15) is 0 Å². The van der Waals surface area contributed by atoms with Crippen molar-refractivity contribution < 1.29 is 9.15 Å². The van der Waals surface area contributed by atoms with Crippen LogP contribution in [0.25, 0.3) is 6.08 Å². The van der Waals surface area contributed by atoms with Crippen LogP contribution in [0.1, 0.15) is 12.7 Å². The highest BCUT2D eigenvalue weighted by Crippen LogP contribution is 2.21. The molecule has 0 aliphatic carbocycles. The Morgan fingerprint density at radius 2 is 2.55 bits per heavy atom. The molecule has 0 spiro atoms. The zero-order valence-electron chi connectivity index (χ0n) is 6.41. The summed E-state index contributed by atoms with van der Waals surface area (Å²) in [6.07, 6.45) is 4.03. The summed E-state index contributed by atoms with van der Waals surface area (Å²) in [5.74, 6) is 0.901. The second-order valence-electron chi connectivity index (χ2n) is 2.73. The predicted octanol–water partition coefficient (Wildman–Crippen LogP) is 2.08. The van der Waals surface area contributed by atoms with Crippen LogP contribution in [0.5, 0.6) is 0 Å². The van der Waals surface area contributed by atoms with Gasteiger partial charge in [-0.1, -0.05) is 0 Å². The Kier molecular flexibility index (Phi) is 1.55. The Bertz CT molecular complexity index is 255. The van der Waals surface area contributed by atoms with E-state index in [1.54, 1.807) is 6.26 Å². The van der Waals surface area contributed by atoms with Crippen molar-refractivity contribution in [1.29, 1.82) is 0 Å². The molecule has 2 rings (SSSR count). The quantitative estimate of drug-likeness (QED) is 0.603. The third-order valence-corrected chi connectivity index (χ3v) is 1.75. The van der Waals surface area contributed by atoms with E-state index >= 15 is 0 Å². The molecule has 1 unspecified atom stereocenters. The second kappa shape index (κ2) is 2.55. The summed E-state index contributed by atoms with van der Waals surface area (Å²) in [5, 5.41) is 0. The van der Waals surface area contributed by atoms with Gasteiger partial charge in [0.25, 0.3) is 0 Å². The lowest BCUT2D eigenvalue weighted by Crippen LogP contribution is -1.84. The Hall–Kier alpha value is -1.02. The molecule has 11 heavy (non-hydrogen) atoms. The molecule has 1 aliphatic rings. The van der Waals surface area contributed by atoms with Gasteiger partial charge in [0.1, 0.15) is 11.9 Å². The summed E-state index contributed by atoms with van der Waals surface area (Å²) in [7, 11) is 0. The molecule has 1 aliphatic heterocycles. The molecule has 1 aromatic rings. The van der Waals surface area contributed by atoms with Gasteiger partial charge in [0.2, 0.25) is 0 Å². The maximum Gasteiger partial charge on any atom is 0.126 e. The third kappa shape index (κ3) is 1.52. The first kappa shape index (κ1) is 6.68. The molecule has 0 N–H and O–H groups in total. The van der Waals surface area contributed by atoms with Gasteiger partial charge in [-0.05, 0) is 30.7 Å². The summed E-state index contributed by atoms with van der Waals surface area (Å²) in [4.78, 5) is 0. The molecular formula is C9H10O2. The smallest absolute Gasteiger partial charge is 0.126 e. The first-order valence-corrected chi connectivity index (χ1v) is 3.69. The second-order valence-corrected chi connectivity index (χ2v) is 2.73. The molecule has 0 radical (unpaired) electrons. The maximum atomic E-state index is 5.15. The number of hydrogen-bond acceptors (Lipinski definition) is 2. The summed E-state index contributed by atoms with van der Waals surface area (Å²) in [5.41, 5.74) is 1.24. The first-order chi connectivity index (χ1) is 5.36. The van der Waals surface area contributed by atoms with Crippen molar-refractivity contribution in [1.82, 2.24) is 0 Å². The van der Waals surface area contributed by atoms with Gasteiger partial charge < -0.3 is 9.15 Å². The minimum absolute atomic E-state index is 0.347. The van der Waals surface area contributed by atoms with E-state index in [0.717, 1.165) is 12.4 Å². The van der Waals surface area contributed by atoms with Gasteiger partial charge >= 0.3 is 0 Å². The fourth-order valence-electron chi connectivity index (χ4n) is 1.00. The van der Waals surface area contributed by atoms with Crippen molar-refractivity contribution in [3.63, 3.8) is 0 Å². The molecule has 0 amide bonds. The fraction of sp³-hybridized carbons (Fsp3) is 0.333. The first-order valence-electron chi connectivity index (χ1n) is 3.69. The van der Waals surface area contributed by atoms with Gasteiger partial charge in [0.05, 0.1) is 12.9 Å². The lowest BCUT2D eigenvalue weighted by atomic mass is 10.2. The summed E-state index contributed by atoms with van der Waals surface area (Å²) in [6.45, 7) is 2.92. The van der Waals surface area contributed by atoms with Gasteiger partial charge in [0, 0.05) is 0 Å². The van der Waals surface area contributed by atoms with E-state index in [4.69, 9.17) is 9.15 Å². The van der Waals surface area contributed by atoms with Crippen LogP contribution in [0, 0.1) is 0 Å². The zero-order valence-corrected chi connectivity index (χ0v) is 6.41. The van der Waals surface area contributed by atoms with Crippen molar-refractivity contribution >= 4 is 6.08 Å². The molecule has 1 fully saturated rings. The van der Waals surface area contributed by atoms with E-state index in [1.165, 1.54) is 5.57 Å². The Labute approximate surface area is 65.5 Å². The highest BCUT2D eigenvalue weighted by molar-refractivity contribution is 5.48. The lowest BCUT2D eigenvalue weighted by molar-refractivity contribution is 0.432. The van der Waals surface area contributed by atoms with E-state index in [-0.39, 0.29) is 0 Å². The number of furan rings is 1. The molecule has 0 saturated carbocycles. The average molecular weight is 150 g/mol. The molecule has 1 atom stereocenters. The molecule has 1 aromatic heterocycles. The van der Waals surface area contributed by atoms with Crippen LogP contribution in [0.15, 0.2) is 28.4 Å². The number of epoxide rings is 1. The zero-order chi connectivity index (χ0) is 7.68. The van der Waals surface area contributed by atoms with Gasteiger partial charge in [-0.25, -0.2) is 0 Å². The summed E-state index contributed by atoms with van der Waals surface area (Å²) >= 11 is 0. The Morgan fingerprint density at radius 3 is 3.09 bits per heavy atom. The number of hydrogen-bond donors (Lipinski definition) is 0. The Morgan fingerprint density at radius 1 is 1.73 bits per heavy atom. The summed E-state index contributed by atoms with van der Waals surface area (Å²) in [6, 6.07) is 3.82. The minimum atomic E-state index is 0.347. The SMILES string of the molecule is C/C(=C/c1ccco1)C1CO1. The highest BCUT2D eigenvalue weighted by Gasteiger charge is 2.24. The summed E-state index contributed by atoms with van der Waals surface area (Å²) < 4.78 is 10.3. The van der Waals surface area contributed by atoms with Crippen LogP contribution < -0.4 is 0 Å². The van der Waals surface area contributed by atoms with Crippen molar-refractivity contribution in [2.45, 2.75) is 13.0 Å². The van der Waals surface area contributed by atoms with Crippen LogP contribution in [-0.2, 0) is 4.74 Å². The average Bonchev–Trinajstić information content (AvgIpc) is 2.73. The van der Waals surface area contributed by atoms with E-state index in [9.17, 15) is 0 Å². The predicted molar refractivity (Wildman–Crippen MR) is 42.1 cm³/mol. The van der Waals surface area contributed by atoms with E-state index in [2.05, 4.69) is 6.92 Å². The van der Waals surface area contributed by atoms with E-state index in [0.29, 0.717) is 6.10 Å². The highest BCUT2D eigenvalue weighted by atomic mass is 16.6. The fourth-order valence-corrected chi connectivity index (χ4v) is 1.00. The molecule has 2 nitrogen and oxygen atoms in total. The van der Waals surface area contributed by atoms with Gasteiger partial charge in [0.15, 0.2) is 0 Å². The van der Waals surface area contributed by atoms with Crippen molar-refractivity contribution in [3.05, 3.63) is 29.7 Å². The van der Waals surface area contributed by atoms with Crippen LogP contribution >= 0.6 is 0 Å². The maximum absolute atomic E-state index is 5.15. The topological polar surface area (TPSA) is 25.7 Å². The monoisotopic (exact) mass is 150 g/mol. The molecule has 1 saturated heterocycles. The Balaban J connectivity index is 2.13. The van der Waals surface area contributed by atoms with E-state index < -0.39 is 0 Å². The molecule has 2 heteroatoms. The molecule has 0 aromatic carbocycles. The van der Waals surface area contributed by atoms with Gasteiger partial charge in [-0.15, -0.1) is 0 Å². The molecule has 2 heterocycles. The normalized spacial score (nSPS) is 23.7. The van der Waals surface area contributed by atoms with Crippen molar-refractivity contribution in [2.75, 3.05) is 6.61 Å². The van der Waals surface area contributed by atoms with Crippen molar-refractivity contribution in [2.24, 2.45) is 0 Å². The number of rotatable bonds is 2. The van der Waals surface area contributed by atoms with Crippen molar-refractivity contribution in [3.8, 4) is 0 Å². The van der Waals surface area contributed by atoms with E-state index in [1.807, 2.05) is 18.2 Å². The van der Waals surface area contributed by atoms with Crippen LogP contribution in [0.2, 0.25) is 0 Å². The largest absolute Gasteiger partial charge is 0.465 e. The third-order valence-electron chi connectivity index (χ3n) is 1.75.